The quantitative estimate of drug-likeness (QED) is 0.738. The second-order valence-electron chi connectivity index (χ2n) is 3.95. The Balaban J connectivity index is 2.28. The molecule has 0 unspecified atom stereocenters. The summed E-state index contributed by atoms with van der Waals surface area (Å²) in [5.74, 6) is 0. The third-order valence-corrected chi connectivity index (χ3v) is 9.43. The average molecular weight is 339 g/mol. The van der Waals surface area contributed by atoms with Gasteiger partial charge in [0.25, 0.3) is 0 Å². The molecule has 0 aliphatic rings. The summed E-state index contributed by atoms with van der Waals surface area (Å²) in [5, 5.41) is 0. The first-order valence-corrected chi connectivity index (χ1v) is 11.0. The molecule has 0 aliphatic carbocycles. The Hall–Kier alpha value is -0.452. The fourth-order valence-electron chi connectivity index (χ4n) is 1.50. The number of rotatable bonds is 2. The van der Waals surface area contributed by atoms with Crippen LogP contribution in [-0.2, 0) is 0 Å². The maximum atomic E-state index is 6.62. The minimum absolute atomic E-state index is 1.29. The Kier molecular flexibility index (Phi) is 3.94. The van der Waals surface area contributed by atoms with Crippen LogP contribution in [0.1, 0.15) is 11.1 Å². The zero-order chi connectivity index (χ0) is 11.5. The molecule has 0 amide bonds. The van der Waals surface area contributed by atoms with Crippen molar-refractivity contribution < 1.29 is 0 Å². The molecule has 0 atom stereocenters. The van der Waals surface area contributed by atoms with Gasteiger partial charge in [-0.05, 0) is 0 Å². The Labute approximate surface area is 108 Å². The van der Waals surface area contributed by atoms with E-state index < -0.39 is 19.1 Å². The van der Waals surface area contributed by atoms with Crippen LogP contribution in [0, 0.1) is 13.8 Å². The molecule has 0 fully saturated rings. The van der Waals surface area contributed by atoms with Crippen LogP contribution < -0.4 is 7.02 Å². The molecule has 2 heteroatoms. The molecule has 0 saturated carbocycles. The Morgan fingerprint density at radius 2 is 1.00 bits per heavy atom. The van der Waals surface area contributed by atoms with Gasteiger partial charge in [0, 0.05) is 0 Å². The number of aryl methyl sites for hydroxylation is 2. The molecule has 0 bridgehead atoms. The first-order valence-electron chi connectivity index (χ1n) is 5.26. The summed E-state index contributed by atoms with van der Waals surface area (Å²) in [7, 11) is 6.62. The predicted octanol–water partition coefficient (Wildman–Crippen LogP) is 2.65. The summed E-state index contributed by atoms with van der Waals surface area (Å²) >= 11 is -1.95. The molecule has 82 valence electrons. The Bertz CT molecular complexity index is 414. The van der Waals surface area contributed by atoms with E-state index in [9.17, 15) is 0 Å². The first kappa shape index (κ1) is 12.0. The molecule has 2 aromatic carbocycles. The second kappa shape index (κ2) is 5.25. The van der Waals surface area contributed by atoms with Crippen LogP contribution in [0.4, 0.5) is 0 Å². The van der Waals surface area contributed by atoms with E-state index in [1.165, 1.54) is 18.1 Å². The predicted molar refractivity (Wildman–Crippen MR) is 73.2 cm³/mol. The van der Waals surface area contributed by atoms with E-state index in [-0.39, 0.29) is 0 Å². The van der Waals surface area contributed by atoms with Gasteiger partial charge in [-0.3, -0.25) is 0 Å². The number of halogens is 1. The summed E-state index contributed by atoms with van der Waals surface area (Å²) < 4.78 is 2.67. The van der Waals surface area contributed by atoms with E-state index >= 15 is 0 Å². The van der Waals surface area contributed by atoms with Crippen LogP contribution >= 0.6 is 8.83 Å². The average Bonchev–Trinajstić information content (AvgIpc) is 2.30. The Morgan fingerprint density at radius 1 is 0.688 bits per heavy atom. The maximum absolute atomic E-state index is 6.62. The molecule has 0 nitrogen and oxygen atoms in total. The fourth-order valence-corrected chi connectivity index (χ4v) is 6.21. The summed E-state index contributed by atoms with van der Waals surface area (Å²) in [6.07, 6.45) is 0. The van der Waals surface area contributed by atoms with Gasteiger partial charge in [-0.15, -0.1) is 0 Å². The van der Waals surface area contributed by atoms with Gasteiger partial charge in [0.15, 0.2) is 0 Å². The minimum atomic E-state index is -1.95. The van der Waals surface area contributed by atoms with Crippen molar-refractivity contribution in [2.75, 3.05) is 0 Å². The van der Waals surface area contributed by atoms with Gasteiger partial charge < -0.3 is 0 Å². The van der Waals surface area contributed by atoms with Gasteiger partial charge in [0.1, 0.15) is 0 Å². The number of benzene rings is 2. The van der Waals surface area contributed by atoms with Gasteiger partial charge in [0.05, 0.1) is 0 Å². The van der Waals surface area contributed by atoms with Crippen molar-refractivity contribution in [3.63, 3.8) is 0 Å². The Morgan fingerprint density at radius 3 is 1.31 bits per heavy atom. The van der Waals surface area contributed by atoms with Crippen LogP contribution in [0.25, 0.3) is 0 Å². The van der Waals surface area contributed by atoms with Gasteiger partial charge >= 0.3 is 108 Å². The number of hydrogen-bond acceptors (Lipinski definition) is 0. The summed E-state index contributed by atoms with van der Waals surface area (Å²) in [4.78, 5) is 0. The normalized spacial score (nSPS) is 10.8. The van der Waals surface area contributed by atoms with Crippen LogP contribution in [0.2, 0.25) is 0 Å². The molecule has 2 aromatic rings. The molecule has 0 saturated heterocycles. The zero-order valence-electron chi connectivity index (χ0n) is 9.44. The first-order chi connectivity index (χ1) is 7.66. The third kappa shape index (κ3) is 2.81. The third-order valence-electron chi connectivity index (χ3n) is 2.52. The SMILES string of the molecule is Cc1cc[c]([Sb]([Cl])[c]2ccc(C)cc2)cc1. The van der Waals surface area contributed by atoms with E-state index in [4.69, 9.17) is 8.83 Å². The summed E-state index contributed by atoms with van der Waals surface area (Å²) in [6.45, 7) is 4.21. The van der Waals surface area contributed by atoms with Crippen molar-refractivity contribution >= 4 is 34.9 Å². The van der Waals surface area contributed by atoms with Crippen molar-refractivity contribution in [2.45, 2.75) is 13.8 Å². The fraction of sp³-hybridized carbons (Fsp3) is 0.143. The number of hydrogen-bond donors (Lipinski definition) is 0. The van der Waals surface area contributed by atoms with Gasteiger partial charge in [0.2, 0.25) is 0 Å². The van der Waals surface area contributed by atoms with Crippen molar-refractivity contribution in [1.29, 1.82) is 0 Å². The molecule has 0 radical (unpaired) electrons. The van der Waals surface area contributed by atoms with Crippen molar-refractivity contribution in [1.82, 2.24) is 0 Å². The van der Waals surface area contributed by atoms with Crippen molar-refractivity contribution in [2.24, 2.45) is 0 Å². The molecule has 2 rings (SSSR count). The van der Waals surface area contributed by atoms with E-state index in [0.29, 0.717) is 0 Å². The van der Waals surface area contributed by atoms with Gasteiger partial charge in [-0.2, -0.15) is 0 Å². The van der Waals surface area contributed by atoms with E-state index in [1.807, 2.05) is 0 Å². The van der Waals surface area contributed by atoms with E-state index in [2.05, 4.69) is 62.4 Å². The molecule has 0 spiro atoms. The molecular weight excluding hydrogens is 325 g/mol. The van der Waals surface area contributed by atoms with Gasteiger partial charge in [-0.25, -0.2) is 0 Å². The van der Waals surface area contributed by atoms with E-state index in [1.54, 1.807) is 0 Å². The molecular formula is C14H14ClSb. The molecule has 0 aromatic heterocycles. The summed E-state index contributed by atoms with van der Waals surface area (Å²) in [5.41, 5.74) is 2.58. The molecule has 0 aliphatic heterocycles. The zero-order valence-corrected chi connectivity index (χ0v) is 12.8. The monoisotopic (exact) mass is 338 g/mol. The van der Waals surface area contributed by atoms with Crippen LogP contribution in [0.15, 0.2) is 48.5 Å². The van der Waals surface area contributed by atoms with E-state index in [0.717, 1.165) is 0 Å². The molecule has 0 heterocycles. The van der Waals surface area contributed by atoms with Crippen LogP contribution in [0.3, 0.4) is 0 Å². The van der Waals surface area contributed by atoms with Crippen molar-refractivity contribution in [3.05, 3.63) is 59.7 Å². The summed E-state index contributed by atoms with van der Waals surface area (Å²) in [6, 6.07) is 17.3. The van der Waals surface area contributed by atoms with Crippen LogP contribution in [0.5, 0.6) is 0 Å². The standard InChI is InChI=1S/2C7H7.ClH.Sb/c2*1-7-5-3-2-4-6-7;;/h2*3-6H,1H3;1H;/q;;;+1/p-1. The van der Waals surface area contributed by atoms with Crippen LogP contribution in [-0.4, -0.2) is 19.1 Å². The topological polar surface area (TPSA) is 0 Å². The van der Waals surface area contributed by atoms with Crippen molar-refractivity contribution in [3.8, 4) is 0 Å². The second-order valence-corrected chi connectivity index (χ2v) is 10.8. The van der Waals surface area contributed by atoms with Gasteiger partial charge in [-0.1, -0.05) is 0 Å². The molecule has 16 heavy (non-hydrogen) atoms. The molecule has 0 N–H and O–H groups in total.